The summed E-state index contributed by atoms with van der Waals surface area (Å²) in [7, 11) is 4.57. The molecule has 1 aliphatic rings. The number of benzene rings is 1. The molecule has 7 nitrogen and oxygen atoms in total. The van der Waals surface area contributed by atoms with Crippen LogP contribution in [0.25, 0.3) is 5.57 Å². The van der Waals surface area contributed by atoms with Crippen LogP contribution in [0.4, 0.5) is 0 Å². The summed E-state index contributed by atoms with van der Waals surface area (Å²) in [5.74, 6) is 1.83. The normalized spacial score (nSPS) is 14.1. The lowest BCUT2D eigenvalue weighted by Gasteiger charge is -2.14. The summed E-state index contributed by atoms with van der Waals surface area (Å²) in [6.07, 6.45) is 9.50. The van der Waals surface area contributed by atoms with Crippen molar-refractivity contribution in [3.05, 3.63) is 53.8 Å². The van der Waals surface area contributed by atoms with Crippen LogP contribution in [0.3, 0.4) is 0 Å². The van der Waals surface area contributed by atoms with Crippen molar-refractivity contribution in [1.29, 1.82) is 0 Å². The summed E-state index contributed by atoms with van der Waals surface area (Å²) in [5.41, 5.74) is 2.09. The van der Waals surface area contributed by atoms with Gasteiger partial charge in [-0.1, -0.05) is 23.4 Å². The van der Waals surface area contributed by atoms with Gasteiger partial charge in [0.15, 0.2) is 11.5 Å². The highest BCUT2D eigenvalue weighted by Crippen LogP contribution is 2.38. The monoisotopic (exact) mass is 356 g/mol. The first-order valence-corrected chi connectivity index (χ1v) is 8.07. The minimum absolute atomic E-state index is 0.236. The average molecular weight is 356 g/mol. The van der Waals surface area contributed by atoms with E-state index in [0.717, 1.165) is 18.4 Å². The van der Waals surface area contributed by atoms with E-state index in [2.05, 4.69) is 22.3 Å². The van der Waals surface area contributed by atoms with Crippen molar-refractivity contribution in [2.45, 2.75) is 12.8 Å². The maximum atomic E-state index is 9.57. The van der Waals surface area contributed by atoms with Crippen LogP contribution in [0, 0.1) is 0 Å². The van der Waals surface area contributed by atoms with Gasteiger partial charge in [0.2, 0.25) is 11.6 Å². The highest BCUT2D eigenvalue weighted by Gasteiger charge is 2.20. The van der Waals surface area contributed by atoms with Crippen molar-refractivity contribution in [2.24, 2.45) is 5.16 Å². The molecule has 0 fully saturated rings. The number of ether oxygens (including phenoxy) is 3. The molecule has 1 heterocycles. The fraction of sp³-hybridized carbons (Fsp3) is 0.263. The molecule has 1 aromatic heterocycles. The molecular formula is C19H20N2O5. The van der Waals surface area contributed by atoms with Crippen molar-refractivity contribution in [3.8, 4) is 17.2 Å². The van der Waals surface area contributed by atoms with Gasteiger partial charge in [-0.2, -0.15) is 0 Å². The smallest absolute Gasteiger partial charge is 0.226 e. The van der Waals surface area contributed by atoms with Crippen LogP contribution in [0.1, 0.15) is 30.0 Å². The summed E-state index contributed by atoms with van der Waals surface area (Å²) in [6.45, 7) is 0. The minimum atomic E-state index is 0.236. The van der Waals surface area contributed by atoms with Crippen LogP contribution in [0.15, 0.2) is 46.2 Å². The molecule has 0 unspecified atom stereocenters. The van der Waals surface area contributed by atoms with Crippen LogP contribution in [-0.2, 0) is 0 Å². The second-order valence-corrected chi connectivity index (χ2v) is 5.54. The first kappa shape index (κ1) is 17.6. The molecule has 1 N–H and O–H groups in total. The average Bonchev–Trinajstić information content (AvgIpc) is 3.18. The molecule has 0 saturated heterocycles. The van der Waals surface area contributed by atoms with Crippen LogP contribution in [-0.4, -0.2) is 37.2 Å². The molecule has 136 valence electrons. The summed E-state index contributed by atoms with van der Waals surface area (Å²) < 4.78 is 21.6. The Morgan fingerprint density at radius 1 is 1.12 bits per heavy atom. The molecule has 1 aliphatic carbocycles. The Kier molecular flexibility index (Phi) is 5.26. The molecule has 0 aliphatic heterocycles. The number of allylic oxidation sites excluding steroid dienone is 4. The van der Waals surface area contributed by atoms with Gasteiger partial charge < -0.3 is 23.8 Å². The second-order valence-electron chi connectivity index (χ2n) is 5.54. The molecule has 7 heteroatoms. The number of hydrogen-bond acceptors (Lipinski definition) is 7. The van der Waals surface area contributed by atoms with Crippen molar-refractivity contribution in [2.75, 3.05) is 21.3 Å². The topological polar surface area (TPSA) is 86.3 Å². The Bertz CT molecular complexity index is 855. The number of oxime groups is 1. The van der Waals surface area contributed by atoms with Gasteiger partial charge in [0.25, 0.3) is 0 Å². The summed E-state index contributed by atoms with van der Waals surface area (Å²) >= 11 is 0. The molecule has 3 rings (SSSR count). The number of rotatable bonds is 6. The first-order valence-electron chi connectivity index (χ1n) is 8.07. The molecule has 0 saturated carbocycles. The van der Waals surface area contributed by atoms with E-state index >= 15 is 0 Å². The van der Waals surface area contributed by atoms with Gasteiger partial charge in [0, 0.05) is 11.1 Å². The van der Waals surface area contributed by atoms with Gasteiger partial charge in [0.1, 0.15) is 17.7 Å². The number of hydrogen-bond donors (Lipinski definition) is 1. The molecule has 0 radical (unpaired) electrons. The van der Waals surface area contributed by atoms with Crippen molar-refractivity contribution in [1.82, 2.24) is 4.98 Å². The summed E-state index contributed by atoms with van der Waals surface area (Å²) in [4.78, 5) is 4.45. The number of methoxy groups -OCH3 is 3. The molecule has 26 heavy (non-hydrogen) atoms. The molecule has 1 aromatic carbocycles. The Labute approximate surface area is 151 Å². The van der Waals surface area contributed by atoms with Crippen molar-refractivity contribution < 1.29 is 23.8 Å². The predicted molar refractivity (Wildman–Crippen MR) is 96.4 cm³/mol. The third-order valence-corrected chi connectivity index (χ3v) is 4.03. The van der Waals surface area contributed by atoms with Crippen LogP contribution in [0.5, 0.6) is 17.2 Å². The highest BCUT2D eigenvalue weighted by molar-refractivity contribution is 6.12. The zero-order chi connectivity index (χ0) is 18.5. The zero-order valence-electron chi connectivity index (χ0n) is 14.9. The van der Waals surface area contributed by atoms with Crippen LogP contribution >= 0.6 is 0 Å². The van der Waals surface area contributed by atoms with Gasteiger partial charge in [-0.25, -0.2) is 4.98 Å². The van der Waals surface area contributed by atoms with E-state index in [1.54, 1.807) is 12.1 Å². The van der Waals surface area contributed by atoms with Crippen molar-refractivity contribution >= 4 is 11.3 Å². The molecule has 0 spiro atoms. The van der Waals surface area contributed by atoms with E-state index in [4.69, 9.17) is 18.6 Å². The quantitative estimate of drug-likeness (QED) is 0.483. The predicted octanol–water partition coefficient (Wildman–Crippen LogP) is 3.66. The third kappa shape index (κ3) is 3.28. The van der Waals surface area contributed by atoms with Crippen LogP contribution in [0.2, 0.25) is 0 Å². The van der Waals surface area contributed by atoms with E-state index in [1.165, 1.54) is 27.6 Å². The Balaban J connectivity index is 2.01. The van der Waals surface area contributed by atoms with Crippen molar-refractivity contribution in [3.63, 3.8) is 0 Å². The van der Waals surface area contributed by atoms with E-state index in [1.807, 2.05) is 6.08 Å². The minimum Gasteiger partial charge on any atom is -0.493 e. The molecule has 0 atom stereocenters. The van der Waals surface area contributed by atoms with Gasteiger partial charge in [-0.15, -0.1) is 0 Å². The van der Waals surface area contributed by atoms with E-state index in [9.17, 15) is 5.21 Å². The molecule has 0 bridgehead atoms. The number of oxazole rings is 1. The summed E-state index contributed by atoms with van der Waals surface area (Å²) in [5, 5.41) is 13.0. The summed E-state index contributed by atoms with van der Waals surface area (Å²) in [6, 6.07) is 3.37. The van der Waals surface area contributed by atoms with Gasteiger partial charge in [0.05, 0.1) is 21.3 Å². The standard InChI is InChI=1S/C19H20N2O5/c1-23-15-9-13(10-16(24-2)18(15)25-3)17(21-22)14-11-26-19(20-14)12-7-5-4-6-8-12/h5,7-11,22H,4,6H2,1-3H3. The second kappa shape index (κ2) is 7.77. The van der Waals surface area contributed by atoms with Crippen LogP contribution < -0.4 is 14.2 Å². The Morgan fingerprint density at radius 3 is 2.38 bits per heavy atom. The lowest BCUT2D eigenvalue weighted by molar-refractivity contribution is 0.318. The molecule has 2 aromatic rings. The van der Waals surface area contributed by atoms with E-state index < -0.39 is 0 Å². The fourth-order valence-corrected chi connectivity index (χ4v) is 2.76. The maximum absolute atomic E-state index is 9.57. The van der Waals surface area contributed by atoms with Gasteiger partial charge in [-0.05, 0) is 25.0 Å². The van der Waals surface area contributed by atoms with E-state index in [0.29, 0.717) is 34.4 Å². The largest absolute Gasteiger partial charge is 0.493 e. The van der Waals surface area contributed by atoms with E-state index in [-0.39, 0.29) is 5.71 Å². The van der Waals surface area contributed by atoms with Gasteiger partial charge in [-0.3, -0.25) is 0 Å². The SMILES string of the molecule is COc1cc(C(=NO)c2coc(C3=CCCC=C3)n2)cc(OC)c1OC. The van der Waals surface area contributed by atoms with Gasteiger partial charge >= 0.3 is 0 Å². The number of aromatic nitrogens is 1. The Morgan fingerprint density at radius 2 is 1.85 bits per heavy atom. The highest BCUT2D eigenvalue weighted by atomic mass is 16.5. The molecular weight excluding hydrogens is 336 g/mol. The third-order valence-electron chi connectivity index (χ3n) is 4.03. The molecule has 0 amide bonds. The fourth-order valence-electron chi connectivity index (χ4n) is 2.76. The zero-order valence-corrected chi connectivity index (χ0v) is 14.9. The lowest BCUT2D eigenvalue weighted by atomic mass is 10.1. The number of nitrogens with zero attached hydrogens (tertiary/aromatic N) is 2. The maximum Gasteiger partial charge on any atom is 0.226 e. The Hall–Kier alpha value is -3.22. The first-order chi connectivity index (χ1) is 12.7. The lowest BCUT2D eigenvalue weighted by Crippen LogP contribution is -2.06.